The van der Waals surface area contributed by atoms with Crippen molar-refractivity contribution in [2.24, 2.45) is 0 Å². The van der Waals surface area contributed by atoms with Crippen LogP contribution < -0.4 is 10.9 Å². The fourth-order valence-electron chi connectivity index (χ4n) is 3.06. The SMILES string of the molecule is CN(Cc1nc2ccsc2c(=O)[nH]1)C(=O)C(NC(=O)c1cccs1)c1ccccc1. The first-order chi connectivity index (χ1) is 14.5. The minimum atomic E-state index is -0.859. The molecule has 2 N–H and O–H groups in total. The molecule has 3 heterocycles. The lowest BCUT2D eigenvalue weighted by atomic mass is 10.1. The third-order valence-electron chi connectivity index (χ3n) is 4.53. The molecule has 30 heavy (non-hydrogen) atoms. The fourth-order valence-corrected chi connectivity index (χ4v) is 4.41. The molecule has 7 nitrogen and oxygen atoms in total. The van der Waals surface area contributed by atoms with Crippen molar-refractivity contribution >= 4 is 44.7 Å². The average molecular weight is 439 g/mol. The van der Waals surface area contributed by atoms with E-state index in [9.17, 15) is 14.4 Å². The third kappa shape index (κ3) is 4.17. The summed E-state index contributed by atoms with van der Waals surface area (Å²) in [5.74, 6) is -0.232. The van der Waals surface area contributed by atoms with Gasteiger partial charge in [0.2, 0.25) is 5.91 Å². The van der Waals surface area contributed by atoms with E-state index >= 15 is 0 Å². The second kappa shape index (κ2) is 8.60. The lowest BCUT2D eigenvalue weighted by molar-refractivity contribution is -0.132. The Morgan fingerprint density at radius 2 is 1.90 bits per heavy atom. The maximum atomic E-state index is 13.2. The smallest absolute Gasteiger partial charge is 0.268 e. The predicted octanol–water partition coefficient (Wildman–Crippen LogP) is 3.18. The molecular weight excluding hydrogens is 420 g/mol. The van der Waals surface area contributed by atoms with Crippen LogP contribution in [0, 0.1) is 0 Å². The lowest BCUT2D eigenvalue weighted by Crippen LogP contribution is -2.41. The molecule has 0 aliphatic carbocycles. The third-order valence-corrected chi connectivity index (χ3v) is 6.30. The standard InChI is InChI=1S/C21H18N4O3S2/c1-25(12-16-22-14-9-11-30-18(14)20(27)23-16)21(28)17(13-6-3-2-4-7-13)24-19(26)15-8-5-10-29-15/h2-11,17H,12H2,1H3,(H,24,26)(H,22,23,27). The Bertz CT molecular complexity index is 1230. The van der Waals surface area contributed by atoms with E-state index in [0.717, 1.165) is 0 Å². The number of nitrogens with zero attached hydrogens (tertiary/aromatic N) is 2. The van der Waals surface area contributed by atoms with E-state index in [1.807, 2.05) is 23.6 Å². The number of carbonyl (C=O) groups excluding carboxylic acids is 2. The van der Waals surface area contributed by atoms with Gasteiger partial charge >= 0.3 is 0 Å². The zero-order chi connectivity index (χ0) is 21.1. The zero-order valence-corrected chi connectivity index (χ0v) is 17.6. The Morgan fingerprint density at radius 1 is 1.10 bits per heavy atom. The van der Waals surface area contributed by atoms with Crippen LogP contribution in [0.2, 0.25) is 0 Å². The van der Waals surface area contributed by atoms with Crippen LogP contribution in [-0.4, -0.2) is 33.7 Å². The molecular formula is C21H18N4O3S2. The van der Waals surface area contributed by atoms with Crippen LogP contribution in [0.3, 0.4) is 0 Å². The van der Waals surface area contributed by atoms with Gasteiger partial charge in [0, 0.05) is 7.05 Å². The van der Waals surface area contributed by atoms with Crippen molar-refractivity contribution in [2.45, 2.75) is 12.6 Å². The summed E-state index contributed by atoms with van der Waals surface area (Å²) in [6.07, 6.45) is 0. The van der Waals surface area contributed by atoms with Gasteiger partial charge in [-0.3, -0.25) is 14.4 Å². The van der Waals surface area contributed by atoms with Crippen molar-refractivity contribution in [3.8, 4) is 0 Å². The Morgan fingerprint density at radius 3 is 2.63 bits per heavy atom. The van der Waals surface area contributed by atoms with E-state index in [-0.39, 0.29) is 23.9 Å². The molecule has 1 atom stereocenters. The first-order valence-electron chi connectivity index (χ1n) is 9.13. The van der Waals surface area contributed by atoms with E-state index in [0.29, 0.717) is 26.5 Å². The molecule has 0 saturated carbocycles. The average Bonchev–Trinajstić information content (AvgIpc) is 3.44. The van der Waals surface area contributed by atoms with E-state index in [4.69, 9.17) is 0 Å². The second-order valence-electron chi connectivity index (χ2n) is 6.64. The first kappa shape index (κ1) is 20.0. The Kier molecular flexibility index (Phi) is 5.73. The monoisotopic (exact) mass is 438 g/mol. The summed E-state index contributed by atoms with van der Waals surface area (Å²) in [5.41, 5.74) is 1.05. The predicted molar refractivity (Wildman–Crippen MR) is 118 cm³/mol. The Hall–Kier alpha value is -3.30. The molecule has 0 spiro atoms. The maximum Gasteiger partial charge on any atom is 0.268 e. The minimum Gasteiger partial charge on any atom is -0.336 e. The molecule has 0 bridgehead atoms. The number of aromatic amines is 1. The molecule has 0 aliphatic rings. The Labute approximate surface area is 180 Å². The Balaban J connectivity index is 1.58. The van der Waals surface area contributed by atoms with Gasteiger partial charge in [0.25, 0.3) is 11.5 Å². The second-order valence-corrected chi connectivity index (χ2v) is 8.50. The number of amides is 2. The number of H-pyrrole nitrogens is 1. The number of thiophene rings is 2. The summed E-state index contributed by atoms with van der Waals surface area (Å²) >= 11 is 2.63. The number of carbonyl (C=O) groups is 2. The van der Waals surface area contributed by atoms with E-state index < -0.39 is 6.04 Å². The van der Waals surface area contributed by atoms with Crippen LogP contribution in [0.5, 0.6) is 0 Å². The van der Waals surface area contributed by atoms with Crippen LogP contribution in [0.4, 0.5) is 0 Å². The van der Waals surface area contributed by atoms with Crippen LogP contribution in [0.15, 0.2) is 64.1 Å². The van der Waals surface area contributed by atoms with Crippen molar-refractivity contribution in [1.82, 2.24) is 20.2 Å². The largest absolute Gasteiger partial charge is 0.336 e. The number of nitrogens with one attached hydrogen (secondary N) is 2. The van der Waals surface area contributed by atoms with Gasteiger partial charge in [-0.15, -0.1) is 22.7 Å². The fraction of sp³-hybridized carbons (Fsp3) is 0.143. The van der Waals surface area contributed by atoms with Crippen molar-refractivity contribution in [2.75, 3.05) is 7.05 Å². The van der Waals surface area contributed by atoms with Gasteiger partial charge in [-0.2, -0.15) is 0 Å². The van der Waals surface area contributed by atoms with Gasteiger partial charge < -0.3 is 15.2 Å². The maximum absolute atomic E-state index is 13.2. The summed E-state index contributed by atoms with van der Waals surface area (Å²) in [5, 5.41) is 6.44. The summed E-state index contributed by atoms with van der Waals surface area (Å²) in [4.78, 5) is 47.2. The van der Waals surface area contributed by atoms with Gasteiger partial charge in [0.15, 0.2) is 0 Å². The van der Waals surface area contributed by atoms with E-state index in [1.165, 1.54) is 27.6 Å². The summed E-state index contributed by atoms with van der Waals surface area (Å²) in [7, 11) is 1.62. The number of rotatable bonds is 6. The first-order valence-corrected chi connectivity index (χ1v) is 10.9. The lowest BCUT2D eigenvalue weighted by Gasteiger charge is -2.24. The number of likely N-dealkylation sites (N-methyl/N-ethyl adjacent to an activating group) is 1. The molecule has 4 aromatic rings. The molecule has 0 aliphatic heterocycles. The summed E-state index contributed by atoms with van der Waals surface area (Å²) in [6, 6.07) is 13.5. The normalized spacial score (nSPS) is 11.9. The minimum absolute atomic E-state index is 0.109. The van der Waals surface area contributed by atoms with Crippen LogP contribution in [-0.2, 0) is 11.3 Å². The van der Waals surface area contributed by atoms with Crippen LogP contribution in [0.25, 0.3) is 10.2 Å². The molecule has 9 heteroatoms. The van der Waals surface area contributed by atoms with Crippen molar-refractivity contribution < 1.29 is 9.59 Å². The molecule has 3 aromatic heterocycles. The number of benzene rings is 1. The molecule has 4 rings (SSSR count). The molecule has 152 valence electrons. The number of hydrogen-bond donors (Lipinski definition) is 2. The molecule has 1 aromatic carbocycles. The van der Waals surface area contributed by atoms with Gasteiger partial charge in [0.05, 0.1) is 16.9 Å². The van der Waals surface area contributed by atoms with Gasteiger partial charge in [0.1, 0.15) is 16.6 Å². The molecule has 1 unspecified atom stereocenters. The number of hydrogen-bond acceptors (Lipinski definition) is 6. The van der Waals surface area contributed by atoms with Crippen molar-refractivity contribution in [3.63, 3.8) is 0 Å². The van der Waals surface area contributed by atoms with Gasteiger partial charge in [-0.25, -0.2) is 4.98 Å². The van der Waals surface area contributed by atoms with Gasteiger partial charge in [-0.1, -0.05) is 36.4 Å². The quantitative estimate of drug-likeness (QED) is 0.483. The van der Waals surface area contributed by atoms with Crippen LogP contribution >= 0.6 is 22.7 Å². The summed E-state index contributed by atoms with van der Waals surface area (Å²) in [6.45, 7) is 0.109. The molecule has 2 amide bonds. The molecule has 0 radical (unpaired) electrons. The zero-order valence-electron chi connectivity index (χ0n) is 16.0. The molecule has 0 fully saturated rings. The summed E-state index contributed by atoms with van der Waals surface area (Å²) < 4.78 is 0.554. The van der Waals surface area contributed by atoms with Crippen LogP contribution in [0.1, 0.15) is 27.1 Å². The number of fused-ring (bicyclic) bond motifs is 1. The van der Waals surface area contributed by atoms with Crippen molar-refractivity contribution in [3.05, 3.63) is 85.9 Å². The highest BCUT2D eigenvalue weighted by Gasteiger charge is 2.27. The molecule has 0 saturated heterocycles. The highest BCUT2D eigenvalue weighted by atomic mass is 32.1. The van der Waals surface area contributed by atoms with E-state index in [2.05, 4.69) is 15.3 Å². The van der Waals surface area contributed by atoms with Crippen molar-refractivity contribution in [1.29, 1.82) is 0 Å². The highest BCUT2D eigenvalue weighted by molar-refractivity contribution is 7.17. The highest BCUT2D eigenvalue weighted by Crippen LogP contribution is 2.19. The number of aromatic nitrogens is 2. The topological polar surface area (TPSA) is 95.2 Å². The van der Waals surface area contributed by atoms with Gasteiger partial charge in [-0.05, 0) is 28.5 Å². The van der Waals surface area contributed by atoms with E-state index in [1.54, 1.807) is 42.8 Å².